The molecule has 0 aliphatic rings. The van der Waals surface area contributed by atoms with Crippen molar-refractivity contribution in [1.29, 1.82) is 0 Å². The van der Waals surface area contributed by atoms with E-state index in [0.29, 0.717) is 0 Å². The Morgan fingerprint density at radius 3 is 2.50 bits per heavy atom. The highest BCUT2D eigenvalue weighted by Gasteiger charge is 1.97. The number of furan rings is 1. The van der Waals surface area contributed by atoms with E-state index < -0.39 is 0 Å². The fourth-order valence-corrected chi connectivity index (χ4v) is 0.882. The molecule has 10 heavy (non-hydrogen) atoms. The van der Waals surface area contributed by atoms with E-state index >= 15 is 0 Å². The molecule has 0 aromatic carbocycles. The van der Waals surface area contributed by atoms with Gasteiger partial charge in [-0.15, -0.1) is 0 Å². The van der Waals surface area contributed by atoms with Crippen LogP contribution in [0.1, 0.15) is 11.5 Å². The monoisotopic (exact) mass is 139 g/mol. The van der Waals surface area contributed by atoms with Crippen molar-refractivity contribution in [3.8, 4) is 0 Å². The molecule has 0 saturated carbocycles. The molecule has 0 atom stereocenters. The zero-order valence-corrected chi connectivity index (χ0v) is 6.72. The molecule has 1 rings (SSSR count). The molecule has 0 spiro atoms. The molecule has 0 aliphatic carbocycles. The molecule has 0 bridgehead atoms. The van der Waals surface area contributed by atoms with Crippen molar-refractivity contribution in [3.63, 3.8) is 0 Å². The van der Waals surface area contributed by atoms with E-state index in [2.05, 4.69) is 4.90 Å². The molecule has 1 aromatic heterocycles. The van der Waals surface area contributed by atoms with Crippen molar-refractivity contribution >= 4 is 0 Å². The summed E-state index contributed by atoms with van der Waals surface area (Å²) in [4.78, 5) is 2.08. The maximum atomic E-state index is 5.35. The van der Waals surface area contributed by atoms with Crippen molar-refractivity contribution in [2.75, 3.05) is 14.1 Å². The minimum absolute atomic E-state index is 0.883. The van der Waals surface area contributed by atoms with Crippen LogP contribution in [-0.4, -0.2) is 19.0 Å². The molecule has 0 amide bonds. The van der Waals surface area contributed by atoms with E-state index in [1.54, 1.807) is 0 Å². The van der Waals surface area contributed by atoms with Crippen LogP contribution in [0.2, 0.25) is 0 Å². The number of hydrogen-bond donors (Lipinski definition) is 0. The second-order valence-corrected chi connectivity index (χ2v) is 2.75. The molecule has 0 unspecified atom stereocenters. The Morgan fingerprint density at radius 2 is 2.10 bits per heavy atom. The molecule has 2 nitrogen and oxygen atoms in total. The van der Waals surface area contributed by atoms with Gasteiger partial charge in [-0.25, -0.2) is 0 Å². The number of nitrogens with zero attached hydrogens (tertiary/aromatic N) is 1. The van der Waals surface area contributed by atoms with Crippen LogP contribution >= 0.6 is 0 Å². The van der Waals surface area contributed by atoms with Gasteiger partial charge in [0.2, 0.25) is 0 Å². The normalized spacial score (nSPS) is 10.8. The highest BCUT2D eigenvalue weighted by atomic mass is 16.3. The number of hydrogen-bond acceptors (Lipinski definition) is 2. The van der Waals surface area contributed by atoms with Gasteiger partial charge in [0.15, 0.2) is 0 Å². The second-order valence-electron chi connectivity index (χ2n) is 2.75. The Kier molecular flexibility index (Phi) is 2.12. The van der Waals surface area contributed by atoms with Gasteiger partial charge in [-0.05, 0) is 33.2 Å². The van der Waals surface area contributed by atoms with Gasteiger partial charge in [0, 0.05) is 0 Å². The maximum Gasteiger partial charge on any atom is 0.118 e. The van der Waals surface area contributed by atoms with Crippen molar-refractivity contribution in [2.24, 2.45) is 0 Å². The van der Waals surface area contributed by atoms with Crippen molar-refractivity contribution in [1.82, 2.24) is 4.90 Å². The quantitative estimate of drug-likeness (QED) is 0.619. The summed E-state index contributed by atoms with van der Waals surface area (Å²) in [5, 5.41) is 0. The lowest BCUT2D eigenvalue weighted by Crippen LogP contribution is -2.09. The first-order valence-electron chi connectivity index (χ1n) is 3.38. The average molecular weight is 139 g/mol. The minimum atomic E-state index is 0.883. The van der Waals surface area contributed by atoms with Gasteiger partial charge in [-0.1, -0.05) is 0 Å². The fourth-order valence-electron chi connectivity index (χ4n) is 0.882. The number of rotatable bonds is 2. The van der Waals surface area contributed by atoms with E-state index in [9.17, 15) is 0 Å². The topological polar surface area (TPSA) is 16.4 Å². The van der Waals surface area contributed by atoms with Crippen LogP contribution in [0.25, 0.3) is 0 Å². The molecule has 0 fully saturated rings. The summed E-state index contributed by atoms with van der Waals surface area (Å²) in [6, 6.07) is 3.99. The van der Waals surface area contributed by atoms with E-state index in [0.717, 1.165) is 18.1 Å². The molecule has 2 heteroatoms. The first kappa shape index (κ1) is 7.35. The average Bonchev–Trinajstić information content (AvgIpc) is 2.13. The second kappa shape index (κ2) is 2.88. The first-order valence-corrected chi connectivity index (χ1v) is 3.38. The SMILES string of the molecule is Cc1ccc(CN(C)C)o1. The predicted molar refractivity (Wildman–Crippen MR) is 40.8 cm³/mol. The van der Waals surface area contributed by atoms with Crippen LogP contribution in [0, 0.1) is 6.92 Å². The van der Waals surface area contributed by atoms with Crippen LogP contribution < -0.4 is 0 Å². The Hall–Kier alpha value is -0.760. The Balaban J connectivity index is 2.58. The summed E-state index contributed by atoms with van der Waals surface area (Å²) in [5.41, 5.74) is 0. The predicted octanol–water partition coefficient (Wildman–Crippen LogP) is 1.65. The molecule has 0 saturated heterocycles. The molecular formula is C8H13NO. The Labute approximate surface area is 61.4 Å². The zero-order valence-electron chi connectivity index (χ0n) is 6.72. The molecular weight excluding hydrogens is 126 g/mol. The lowest BCUT2D eigenvalue weighted by Gasteiger charge is -2.05. The van der Waals surface area contributed by atoms with Crippen molar-refractivity contribution in [3.05, 3.63) is 23.7 Å². The minimum Gasteiger partial charge on any atom is -0.465 e. The fraction of sp³-hybridized carbons (Fsp3) is 0.500. The molecule has 1 aromatic rings. The summed E-state index contributed by atoms with van der Waals surface area (Å²) in [7, 11) is 4.05. The van der Waals surface area contributed by atoms with E-state index in [4.69, 9.17) is 4.42 Å². The summed E-state index contributed by atoms with van der Waals surface area (Å²) in [6.45, 7) is 2.84. The van der Waals surface area contributed by atoms with Crippen LogP contribution in [0.4, 0.5) is 0 Å². The van der Waals surface area contributed by atoms with Gasteiger partial charge in [-0.3, -0.25) is 0 Å². The summed E-state index contributed by atoms with van der Waals surface area (Å²) in [5.74, 6) is 2.01. The van der Waals surface area contributed by atoms with Gasteiger partial charge < -0.3 is 9.32 Å². The molecule has 56 valence electrons. The highest BCUT2D eigenvalue weighted by molar-refractivity contribution is 5.04. The third-order valence-electron chi connectivity index (χ3n) is 1.27. The van der Waals surface area contributed by atoms with Crippen LogP contribution in [-0.2, 0) is 6.54 Å². The number of aryl methyl sites for hydroxylation is 1. The smallest absolute Gasteiger partial charge is 0.118 e. The summed E-state index contributed by atoms with van der Waals surface area (Å²) >= 11 is 0. The third kappa shape index (κ3) is 1.88. The van der Waals surface area contributed by atoms with Crippen LogP contribution in [0.3, 0.4) is 0 Å². The van der Waals surface area contributed by atoms with Gasteiger partial charge >= 0.3 is 0 Å². The van der Waals surface area contributed by atoms with Crippen molar-refractivity contribution in [2.45, 2.75) is 13.5 Å². The lowest BCUT2D eigenvalue weighted by molar-refractivity contribution is 0.345. The standard InChI is InChI=1S/C8H13NO/c1-7-4-5-8(10-7)6-9(2)3/h4-5H,6H2,1-3H3. The van der Waals surface area contributed by atoms with E-state index in [-0.39, 0.29) is 0 Å². The largest absolute Gasteiger partial charge is 0.465 e. The van der Waals surface area contributed by atoms with Gasteiger partial charge in [0.1, 0.15) is 11.5 Å². The third-order valence-corrected chi connectivity index (χ3v) is 1.27. The van der Waals surface area contributed by atoms with Gasteiger partial charge in [0.25, 0.3) is 0 Å². The summed E-state index contributed by atoms with van der Waals surface area (Å²) < 4.78 is 5.35. The van der Waals surface area contributed by atoms with Crippen LogP contribution in [0.15, 0.2) is 16.5 Å². The summed E-state index contributed by atoms with van der Waals surface area (Å²) in [6.07, 6.45) is 0. The molecule has 1 heterocycles. The Bertz CT molecular complexity index is 203. The Morgan fingerprint density at radius 1 is 1.40 bits per heavy atom. The molecule has 0 N–H and O–H groups in total. The molecule has 0 radical (unpaired) electrons. The van der Waals surface area contributed by atoms with E-state index in [1.807, 2.05) is 33.2 Å². The maximum absolute atomic E-state index is 5.35. The van der Waals surface area contributed by atoms with Crippen molar-refractivity contribution < 1.29 is 4.42 Å². The molecule has 0 aliphatic heterocycles. The van der Waals surface area contributed by atoms with E-state index in [1.165, 1.54) is 0 Å². The first-order chi connectivity index (χ1) is 4.68. The van der Waals surface area contributed by atoms with Crippen LogP contribution in [0.5, 0.6) is 0 Å². The lowest BCUT2D eigenvalue weighted by atomic mass is 10.4. The van der Waals surface area contributed by atoms with Gasteiger partial charge in [-0.2, -0.15) is 0 Å². The van der Waals surface area contributed by atoms with Gasteiger partial charge in [0.05, 0.1) is 6.54 Å². The zero-order chi connectivity index (χ0) is 7.56. The highest BCUT2D eigenvalue weighted by Crippen LogP contribution is 2.06.